The van der Waals surface area contributed by atoms with Crippen molar-refractivity contribution in [1.82, 2.24) is 9.55 Å². The van der Waals surface area contributed by atoms with Gasteiger partial charge in [-0.1, -0.05) is 36.4 Å². The molecular weight excluding hydrogens is 246 g/mol. The molecule has 1 aliphatic carbocycles. The first kappa shape index (κ1) is 11.5. The van der Waals surface area contributed by atoms with Gasteiger partial charge in [0, 0.05) is 23.3 Å². The average molecular weight is 263 g/mol. The Morgan fingerprint density at radius 1 is 1.10 bits per heavy atom. The van der Waals surface area contributed by atoms with E-state index in [1.807, 2.05) is 6.92 Å². The summed E-state index contributed by atoms with van der Waals surface area (Å²) in [5.41, 5.74) is 2.19. The molecule has 0 aliphatic heterocycles. The number of nitrogens with one attached hydrogen (secondary N) is 1. The minimum absolute atomic E-state index is 0.633. The summed E-state index contributed by atoms with van der Waals surface area (Å²) in [4.78, 5) is 4.63. The number of benzene rings is 2. The SMILES string of the molecule is Cc1cn(C2CC2)c(Nc2cccc3ccccc23)n1. The molecule has 0 unspecified atom stereocenters. The Morgan fingerprint density at radius 2 is 1.90 bits per heavy atom. The third-order valence-electron chi connectivity index (χ3n) is 3.83. The summed E-state index contributed by atoms with van der Waals surface area (Å²) >= 11 is 0. The molecule has 0 saturated heterocycles. The molecule has 1 saturated carbocycles. The van der Waals surface area contributed by atoms with Crippen LogP contribution in [-0.2, 0) is 0 Å². The molecule has 3 heteroatoms. The van der Waals surface area contributed by atoms with Gasteiger partial charge < -0.3 is 9.88 Å². The van der Waals surface area contributed by atoms with E-state index in [-0.39, 0.29) is 0 Å². The quantitative estimate of drug-likeness (QED) is 0.758. The molecule has 100 valence electrons. The minimum Gasteiger partial charge on any atom is -0.325 e. The molecule has 1 N–H and O–H groups in total. The van der Waals surface area contributed by atoms with E-state index in [9.17, 15) is 0 Å². The highest BCUT2D eigenvalue weighted by Gasteiger charge is 2.26. The lowest BCUT2D eigenvalue weighted by molar-refractivity contribution is 0.750. The molecular formula is C17H17N3. The van der Waals surface area contributed by atoms with Gasteiger partial charge in [0.05, 0.1) is 5.69 Å². The number of aromatic nitrogens is 2. The highest BCUT2D eigenvalue weighted by Crippen LogP contribution is 2.38. The molecule has 0 amide bonds. The zero-order chi connectivity index (χ0) is 13.5. The Balaban J connectivity index is 1.77. The van der Waals surface area contributed by atoms with E-state index in [0.717, 1.165) is 17.3 Å². The van der Waals surface area contributed by atoms with Crippen LogP contribution in [0.3, 0.4) is 0 Å². The Labute approximate surface area is 118 Å². The van der Waals surface area contributed by atoms with Crippen molar-refractivity contribution in [2.24, 2.45) is 0 Å². The van der Waals surface area contributed by atoms with Gasteiger partial charge in [0.15, 0.2) is 0 Å². The van der Waals surface area contributed by atoms with Crippen LogP contribution < -0.4 is 5.32 Å². The standard InChI is InChI=1S/C17H17N3/c1-12-11-20(14-9-10-14)17(18-12)19-16-8-4-6-13-5-2-3-7-15(13)16/h2-8,11,14H,9-10H2,1H3,(H,18,19). The molecule has 0 radical (unpaired) electrons. The van der Waals surface area contributed by atoms with Crippen molar-refractivity contribution < 1.29 is 0 Å². The molecule has 4 rings (SSSR count). The fourth-order valence-electron chi connectivity index (χ4n) is 2.69. The Hall–Kier alpha value is -2.29. The van der Waals surface area contributed by atoms with E-state index >= 15 is 0 Å². The van der Waals surface area contributed by atoms with E-state index in [1.54, 1.807) is 0 Å². The summed E-state index contributed by atoms with van der Waals surface area (Å²) in [6, 6.07) is 15.4. The van der Waals surface area contributed by atoms with Crippen LogP contribution in [0.5, 0.6) is 0 Å². The molecule has 0 spiro atoms. The predicted molar refractivity (Wildman–Crippen MR) is 82.5 cm³/mol. The van der Waals surface area contributed by atoms with Crippen LogP contribution in [0.4, 0.5) is 11.6 Å². The van der Waals surface area contributed by atoms with Gasteiger partial charge in [-0.2, -0.15) is 0 Å². The van der Waals surface area contributed by atoms with Gasteiger partial charge in [-0.15, -0.1) is 0 Å². The van der Waals surface area contributed by atoms with Crippen molar-refractivity contribution in [2.75, 3.05) is 5.32 Å². The summed E-state index contributed by atoms with van der Waals surface area (Å²) in [6.45, 7) is 2.05. The van der Waals surface area contributed by atoms with Crippen LogP contribution >= 0.6 is 0 Å². The first-order valence-electron chi connectivity index (χ1n) is 7.11. The van der Waals surface area contributed by atoms with Gasteiger partial charge in [-0.05, 0) is 31.2 Å². The first-order valence-corrected chi connectivity index (χ1v) is 7.11. The molecule has 1 aromatic heterocycles. The second-order valence-electron chi connectivity index (χ2n) is 5.50. The normalized spacial score (nSPS) is 14.7. The molecule has 3 nitrogen and oxygen atoms in total. The van der Waals surface area contributed by atoms with Crippen molar-refractivity contribution in [2.45, 2.75) is 25.8 Å². The number of hydrogen-bond acceptors (Lipinski definition) is 2. The number of aryl methyl sites for hydroxylation is 1. The summed E-state index contributed by atoms with van der Waals surface area (Å²) < 4.78 is 2.27. The molecule has 1 heterocycles. The van der Waals surface area contributed by atoms with Gasteiger partial charge in [-0.25, -0.2) is 4.98 Å². The zero-order valence-electron chi connectivity index (χ0n) is 11.5. The second-order valence-corrected chi connectivity index (χ2v) is 5.50. The summed E-state index contributed by atoms with van der Waals surface area (Å²) in [5, 5.41) is 5.99. The molecule has 0 bridgehead atoms. The molecule has 0 atom stereocenters. The van der Waals surface area contributed by atoms with E-state index < -0.39 is 0 Å². The third-order valence-corrected chi connectivity index (χ3v) is 3.83. The van der Waals surface area contributed by atoms with Crippen molar-refractivity contribution >= 4 is 22.4 Å². The van der Waals surface area contributed by atoms with Crippen molar-refractivity contribution in [3.8, 4) is 0 Å². The molecule has 1 aliphatic rings. The number of anilines is 2. The molecule has 1 fully saturated rings. The van der Waals surface area contributed by atoms with E-state index in [1.165, 1.54) is 23.6 Å². The molecule has 2 aromatic carbocycles. The summed E-state index contributed by atoms with van der Waals surface area (Å²) in [7, 11) is 0. The Morgan fingerprint density at radius 3 is 2.75 bits per heavy atom. The molecule has 3 aromatic rings. The van der Waals surface area contributed by atoms with E-state index in [0.29, 0.717) is 6.04 Å². The van der Waals surface area contributed by atoms with Gasteiger partial charge in [0.2, 0.25) is 5.95 Å². The first-order chi connectivity index (χ1) is 9.81. The maximum atomic E-state index is 4.63. The third kappa shape index (κ3) is 1.95. The second kappa shape index (κ2) is 4.37. The van der Waals surface area contributed by atoms with Crippen molar-refractivity contribution in [3.63, 3.8) is 0 Å². The van der Waals surface area contributed by atoms with Crippen LogP contribution in [0, 0.1) is 6.92 Å². The number of rotatable bonds is 3. The number of fused-ring (bicyclic) bond motifs is 1. The lowest BCUT2D eigenvalue weighted by Crippen LogP contribution is -2.01. The van der Waals surface area contributed by atoms with Crippen molar-refractivity contribution in [1.29, 1.82) is 0 Å². The monoisotopic (exact) mass is 263 g/mol. The largest absolute Gasteiger partial charge is 0.325 e. The van der Waals surface area contributed by atoms with Gasteiger partial charge in [0.25, 0.3) is 0 Å². The lowest BCUT2D eigenvalue weighted by Gasteiger charge is -2.11. The molecule has 20 heavy (non-hydrogen) atoms. The van der Waals surface area contributed by atoms with Crippen LogP contribution in [0.25, 0.3) is 10.8 Å². The predicted octanol–water partition coefficient (Wildman–Crippen LogP) is 4.42. The van der Waals surface area contributed by atoms with Crippen molar-refractivity contribution in [3.05, 3.63) is 54.4 Å². The number of hydrogen-bond donors (Lipinski definition) is 1. The Kier molecular flexibility index (Phi) is 2.52. The van der Waals surface area contributed by atoms with Crippen LogP contribution in [0.15, 0.2) is 48.7 Å². The van der Waals surface area contributed by atoms with Crippen LogP contribution in [0.2, 0.25) is 0 Å². The highest BCUT2D eigenvalue weighted by molar-refractivity contribution is 5.94. The lowest BCUT2D eigenvalue weighted by atomic mass is 10.1. The van der Waals surface area contributed by atoms with Crippen LogP contribution in [-0.4, -0.2) is 9.55 Å². The van der Waals surface area contributed by atoms with E-state index in [4.69, 9.17) is 0 Å². The van der Waals surface area contributed by atoms with Gasteiger partial charge >= 0.3 is 0 Å². The minimum atomic E-state index is 0.633. The van der Waals surface area contributed by atoms with E-state index in [2.05, 4.69) is 63.5 Å². The maximum absolute atomic E-state index is 4.63. The van der Waals surface area contributed by atoms with Gasteiger partial charge in [0.1, 0.15) is 0 Å². The smallest absolute Gasteiger partial charge is 0.207 e. The average Bonchev–Trinajstić information content (AvgIpc) is 3.24. The Bertz CT molecular complexity index is 764. The fourth-order valence-corrected chi connectivity index (χ4v) is 2.69. The highest BCUT2D eigenvalue weighted by atomic mass is 15.2. The van der Waals surface area contributed by atoms with Crippen LogP contribution in [0.1, 0.15) is 24.6 Å². The fraction of sp³-hybridized carbons (Fsp3) is 0.235. The number of imidazole rings is 1. The summed E-state index contributed by atoms with van der Waals surface area (Å²) in [6.07, 6.45) is 4.67. The summed E-state index contributed by atoms with van der Waals surface area (Å²) in [5.74, 6) is 0.960. The maximum Gasteiger partial charge on any atom is 0.207 e. The van der Waals surface area contributed by atoms with Gasteiger partial charge in [-0.3, -0.25) is 0 Å². The topological polar surface area (TPSA) is 29.9 Å². The number of nitrogens with zero attached hydrogens (tertiary/aromatic N) is 2. The zero-order valence-corrected chi connectivity index (χ0v) is 11.5.